The number of carbonyl (C=O) groups is 1. The molecule has 0 aliphatic heterocycles. The predicted molar refractivity (Wildman–Crippen MR) is 144 cm³/mol. The number of benzene rings is 3. The summed E-state index contributed by atoms with van der Waals surface area (Å²) >= 11 is 0. The molecule has 0 spiro atoms. The molecule has 7 heteroatoms. The van der Waals surface area contributed by atoms with Crippen LogP contribution in [-0.4, -0.2) is 21.0 Å². The third-order valence-corrected chi connectivity index (χ3v) is 7.40. The standard InChI is InChI=1S/C30H27N3O4/c1-18(2)33-17-21-11-14-23-26(34)24(27(20-7-4-3-5-8-20)37-28(23)25(21)32-33)19-9-12-22(13-10-19)30(15-6-16-30)31-29(35)36/h3-5,7-14,17-18,31H,6,15-16H2,1-2H3,(H,35,36). The van der Waals surface area contributed by atoms with E-state index in [1.165, 1.54) is 0 Å². The van der Waals surface area contributed by atoms with E-state index in [1.54, 1.807) is 0 Å². The van der Waals surface area contributed by atoms with Gasteiger partial charge < -0.3 is 14.8 Å². The number of amides is 1. The lowest BCUT2D eigenvalue weighted by Crippen LogP contribution is -2.50. The predicted octanol–water partition coefficient (Wildman–Crippen LogP) is 6.70. The second-order valence-corrected chi connectivity index (χ2v) is 10.0. The van der Waals surface area contributed by atoms with Crippen molar-refractivity contribution in [1.82, 2.24) is 15.1 Å². The van der Waals surface area contributed by atoms with Crippen molar-refractivity contribution in [2.75, 3.05) is 0 Å². The van der Waals surface area contributed by atoms with Crippen LogP contribution in [0.25, 0.3) is 44.3 Å². The second kappa shape index (κ2) is 8.62. The maximum atomic E-state index is 14.0. The highest BCUT2D eigenvalue weighted by atomic mass is 16.4. The zero-order valence-electron chi connectivity index (χ0n) is 20.7. The number of fused-ring (bicyclic) bond motifs is 3. The fourth-order valence-electron chi connectivity index (χ4n) is 5.25. The Labute approximate surface area is 213 Å². The van der Waals surface area contributed by atoms with Crippen LogP contribution < -0.4 is 10.7 Å². The molecule has 2 aromatic heterocycles. The van der Waals surface area contributed by atoms with Crippen molar-refractivity contribution in [2.45, 2.75) is 44.7 Å². The molecule has 0 saturated heterocycles. The van der Waals surface area contributed by atoms with Crippen molar-refractivity contribution >= 4 is 28.0 Å². The van der Waals surface area contributed by atoms with Gasteiger partial charge >= 0.3 is 6.09 Å². The number of carboxylic acid groups (broad SMARTS) is 1. The minimum Gasteiger partial charge on any atom is -0.465 e. The number of aromatic nitrogens is 2. The molecule has 1 saturated carbocycles. The summed E-state index contributed by atoms with van der Waals surface area (Å²) in [5.74, 6) is 0.486. The Hall–Kier alpha value is -4.39. The number of hydrogen-bond acceptors (Lipinski definition) is 4. The lowest BCUT2D eigenvalue weighted by Gasteiger charge is -2.42. The molecule has 1 aliphatic rings. The molecule has 0 atom stereocenters. The van der Waals surface area contributed by atoms with Crippen LogP contribution in [0.5, 0.6) is 0 Å². The van der Waals surface area contributed by atoms with E-state index in [2.05, 4.69) is 19.2 Å². The SMILES string of the molecule is CC(C)n1cc2ccc3c(=O)c(-c4ccc(C5(NC(=O)O)CCC5)cc4)c(-c4ccccc4)oc3c2n1. The van der Waals surface area contributed by atoms with Crippen molar-refractivity contribution in [3.63, 3.8) is 0 Å². The first-order valence-corrected chi connectivity index (χ1v) is 12.5. The topological polar surface area (TPSA) is 97.4 Å². The Kier molecular flexibility index (Phi) is 5.37. The van der Waals surface area contributed by atoms with E-state index in [4.69, 9.17) is 9.52 Å². The van der Waals surface area contributed by atoms with Crippen molar-refractivity contribution < 1.29 is 14.3 Å². The second-order valence-electron chi connectivity index (χ2n) is 10.0. The van der Waals surface area contributed by atoms with E-state index >= 15 is 0 Å². The van der Waals surface area contributed by atoms with Crippen LogP contribution in [0, 0.1) is 0 Å². The molecule has 0 radical (unpaired) electrons. The van der Waals surface area contributed by atoms with Crippen LogP contribution in [0.3, 0.4) is 0 Å². The van der Waals surface area contributed by atoms with Crippen molar-refractivity contribution in [3.05, 3.63) is 88.7 Å². The first kappa shape index (κ1) is 23.0. The zero-order valence-corrected chi connectivity index (χ0v) is 20.7. The number of nitrogens with zero attached hydrogens (tertiary/aromatic N) is 2. The maximum absolute atomic E-state index is 14.0. The molecule has 37 heavy (non-hydrogen) atoms. The Morgan fingerprint density at radius 3 is 2.38 bits per heavy atom. The maximum Gasteiger partial charge on any atom is 0.405 e. The van der Waals surface area contributed by atoms with Crippen LogP contribution in [0.4, 0.5) is 4.79 Å². The number of rotatable bonds is 5. The van der Waals surface area contributed by atoms with E-state index < -0.39 is 11.6 Å². The fraction of sp³-hybridized carbons (Fsp3) is 0.233. The molecule has 6 rings (SSSR count). The molecule has 5 aromatic rings. The van der Waals surface area contributed by atoms with Crippen LogP contribution in [0.1, 0.15) is 44.7 Å². The summed E-state index contributed by atoms with van der Waals surface area (Å²) in [6, 6.07) is 21.1. The minimum absolute atomic E-state index is 0.129. The summed E-state index contributed by atoms with van der Waals surface area (Å²) in [6.07, 6.45) is 3.41. The van der Waals surface area contributed by atoms with Crippen LogP contribution in [-0.2, 0) is 5.54 Å². The molecule has 186 valence electrons. The zero-order chi connectivity index (χ0) is 25.7. The van der Waals surface area contributed by atoms with Gasteiger partial charge in [0.1, 0.15) is 11.3 Å². The van der Waals surface area contributed by atoms with E-state index in [0.717, 1.165) is 41.3 Å². The lowest BCUT2D eigenvalue weighted by atomic mass is 9.71. The Morgan fingerprint density at radius 1 is 1.03 bits per heavy atom. The Bertz CT molecular complexity index is 1700. The molecular weight excluding hydrogens is 466 g/mol. The van der Waals surface area contributed by atoms with Crippen molar-refractivity contribution in [2.24, 2.45) is 0 Å². The van der Waals surface area contributed by atoms with Gasteiger partial charge in [0.15, 0.2) is 5.58 Å². The van der Waals surface area contributed by atoms with Gasteiger partial charge in [-0.25, -0.2) is 4.79 Å². The molecular formula is C30H27N3O4. The highest BCUT2D eigenvalue weighted by molar-refractivity contribution is 6.03. The van der Waals surface area contributed by atoms with Gasteiger partial charge in [-0.1, -0.05) is 60.7 Å². The molecule has 2 heterocycles. The summed E-state index contributed by atoms with van der Waals surface area (Å²) in [6.45, 7) is 4.11. The number of hydrogen-bond donors (Lipinski definition) is 2. The summed E-state index contributed by atoms with van der Waals surface area (Å²) in [4.78, 5) is 25.4. The van der Waals surface area contributed by atoms with Gasteiger partial charge in [0.2, 0.25) is 5.43 Å². The first-order chi connectivity index (χ1) is 17.9. The summed E-state index contributed by atoms with van der Waals surface area (Å²) in [5, 5.41) is 18.2. The average Bonchev–Trinajstić information content (AvgIpc) is 3.32. The molecule has 2 N–H and O–H groups in total. The summed E-state index contributed by atoms with van der Waals surface area (Å²) < 4.78 is 8.41. The monoisotopic (exact) mass is 493 g/mol. The van der Waals surface area contributed by atoms with Crippen molar-refractivity contribution in [1.29, 1.82) is 0 Å². The van der Waals surface area contributed by atoms with Crippen LogP contribution in [0.15, 0.2) is 82.1 Å². The summed E-state index contributed by atoms with van der Waals surface area (Å²) in [7, 11) is 0. The van der Waals surface area contributed by atoms with Gasteiger partial charge in [-0.3, -0.25) is 9.48 Å². The van der Waals surface area contributed by atoms with Crippen LogP contribution in [0.2, 0.25) is 0 Å². The van der Waals surface area contributed by atoms with Gasteiger partial charge in [0.05, 0.1) is 16.5 Å². The van der Waals surface area contributed by atoms with Crippen molar-refractivity contribution in [3.8, 4) is 22.5 Å². The molecule has 1 fully saturated rings. The van der Waals surface area contributed by atoms with Gasteiger partial charge in [0, 0.05) is 23.2 Å². The lowest BCUT2D eigenvalue weighted by molar-refractivity contribution is 0.144. The molecule has 7 nitrogen and oxygen atoms in total. The summed E-state index contributed by atoms with van der Waals surface area (Å²) in [5.41, 5.74) is 3.32. The highest BCUT2D eigenvalue weighted by Gasteiger charge is 2.40. The average molecular weight is 494 g/mol. The highest BCUT2D eigenvalue weighted by Crippen LogP contribution is 2.42. The van der Waals surface area contributed by atoms with Gasteiger partial charge in [-0.2, -0.15) is 5.10 Å². The smallest absolute Gasteiger partial charge is 0.405 e. The fourth-order valence-corrected chi connectivity index (χ4v) is 5.25. The van der Waals surface area contributed by atoms with Crippen LogP contribution >= 0.6 is 0 Å². The Balaban J connectivity index is 1.57. The van der Waals surface area contributed by atoms with E-state index in [9.17, 15) is 14.7 Å². The Morgan fingerprint density at radius 2 is 1.76 bits per heavy atom. The third-order valence-electron chi connectivity index (χ3n) is 7.40. The molecule has 1 aliphatic carbocycles. The third kappa shape index (κ3) is 3.78. The van der Waals surface area contributed by atoms with Gasteiger partial charge in [-0.15, -0.1) is 0 Å². The molecule has 1 amide bonds. The molecule has 0 unspecified atom stereocenters. The minimum atomic E-state index is -1.03. The molecule has 0 bridgehead atoms. The first-order valence-electron chi connectivity index (χ1n) is 12.5. The quantitative estimate of drug-likeness (QED) is 0.284. The van der Waals surface area contributed by atoms with E-state index in [1.807, 2.05) is 77.6 Å². The largest absolute Gasteiger partial charge is 0.465 e. The van der Waals surface area contributed by atoms with Gasteiger partial charge in [-0.05, 0) is 50.3 Å². The van der Waals surface area contributed by atoms with Gasteiger partial charge in [0.25, 0.3) is 0 Å². The van der Waals surface area contributed by atoms with E-state index in [0.29, 0.717) is 27.8 Å². The normalized spacial score (nSPS) is 14.7. The van der Waals surface area contributed by atoms with E-state index in [-0.39, 0.29) is 11.5 Å². The number of nitrogens with one attached hydrogen (secondary N) is 1. The molecule has 3 aromatic carbocycles.